The molecular formula is C21H18ClNO5S. The number of methoxy groups -OCH3 is 1. The number of H-pyrrole nitrogens is 1. The number of hydrogen-bond acceptors (Lipinski definition) is 6. The zero-order valence-corrected chi connectivity index (χ0v) is 17.3. The highest BCUT2D eigenvalue weighted by Crippen LogP contribution is 2.35. The van der Waals surface area contributed by atoms with Crippen LogP contribution in [0.3, 0.4) is 0 Å². The van der Waals surface area contributed by atoms with E-state index in [1.807, 2.05) is 0 Å². The van der Waals surface area contributed by atoms with Crippen LogP contribution < -0.4 is 24.2 Å². The number of rotatable bonds is 6. The van der Waals surface area contributed by atoms with Crippen LogP contribution in [0.1, 0.15) is 22.8 Å². The Kier molecular flexibility index (Phi) is 6.41. The Morgan fingerprint density at radius 1 is 1.28 bits per heavy atom. The quantitative estimate of drug-likeness (QED) is 0.586. The lowest BCUT2D eigenvalue weighted by Gasteiger charge is -2.08. The number of phenolic OH excluding ortho intramolecular Hbond substituents is 1. The maximum atomic E-state index is 12.4. The normalized spacial score (nSPS) is 12.2. The minimum Gasteiger partial charge on any atom is -0.503 e. The fraction of sp³-hybridized carbons (Fsp3) is 0.143. The molecule has 0 aliphatic carbocycles. The number of hydrogen-bond donors (Lipinski definition) is 2. The second kappa shape index (κ2) is 8.98. The maximum Gasteiger partial charge on any atom is 0.266 e. The molecule has 3 aromatic rings. The number of ether oxygens (including phenoxy) is 2. The molecule has 0 amide bonds. The monoisotopic (exact) mass is 431 g/mol. The molecule has 8 heteroatoms. The Labute approximate surface area is 175 Å². The summed E-state index contributed by atoms with van der Waals surface area (Å²) >= 11 is 7.18. The molecule has 0 saturated carbocycles. The molecule has 0 bridgehead atoms. The number of Topliss-reactive ketones (excluding diaryl/α,β-unsaturated/α-hetero) is 1. The van der Waals surface area contributed by atoms with E-state index in [2.05, 4.69) is 4.98 Å². The fourth-order valence-electron chi connectivity index (χ4n) is 2.58. The largest absolute Gasteiger partial charge is 0.503 e. The molecule has 0 fully saturated rings. The van der Waals surface area contributed by atoms with Crippen molar-refractivity contribution >= 4 is 40.9 Å². The average molecular weight is 432 g/mol. The van der Waals surface area contributed by atoms with E-state index in [9.17, 15) is 14.7 Å². The molecule has 150 valence electrons. The van der Waals surface area contributed by atoms with Crippen LogP contribution in [0, 0.1) is 0 Å². The predicted molar refractivity (Wildman–Crippen MR) is 114 cm³/mol. The number of aromatic hydroxyl groups is 1. The number of aromatic nitrogens is 1. The van der Waals surface area contributed by atoms with Gasteiger partial charge in [0.05, 0.1) is 27.9 Å². The third kappa shape index (κ3) is 4.88. The first-order valence-electron chi connectivity index (χ1n) is 8.67. The average Bonchev–Trinajstić information content (AvgIpc) is 3.04. The highest BCUT2D eigenvalue weighted by molar-refractivity contribution is 7.07. The lowest BCUT2D eigenvalue weighted by Crippen LogP contribution is -2.20. The molecule has 6 nitrogen and oxygen atoms in total. The lowest BCUT2D eigenvalue weighted by molar-refractivity contribution is 0.106. The van der Waals surface area contributed by atoms with Crippen molar-refractivity contribution < 1.29 is 19.4 Å². The van der Waals surface area contributed by atoms with Gasteiger partial charge in [0.1, 0.15) is 5.75 Å². The third-order valence-corrected chi connectivity index (χ3v) is 5.22. The highest BCUT2D eigenvalue weighted by atomic mass is 35.5. The van der Waals surface area contributed by atoms with E-state index in [-0.39, 0.29) is 27.9 Å². The van der Waals surface area contributed by atoms with Gasteiger partial charge in [-0.1, -0.05) is 11.6 Å². The van der Waals surface area contributed by atoms with Crippen molar-refractivity contribution in [1.29, 1.82) is 0 Å². The first-order valence-corrected chi connectivity index (χ1v) is 9.87. The van der Waals surface area contributed by atoms with Crippen LogP contribution in [0.5, 0.6) is 17.2 Å². The zero-order chi connectivity index (χ0) is 21.0. The van der Waals surface area contributed by atoms with Crippen molar-refractivity contribution in [3.05, 3.63) is 72.1 Å². The van der Waals surface area contributed by atoms with Crippen LogP contribution in [-0.2, 0) is 0 Å². The van der Waals surface area contributed by atoms with Crippen molar-refractivity contribution in [3.63, 3.8) is 0 Å². The van der Waals surface area contributed by atoms with Crippen molar-refractivity contribution in [2.45, 2.75) is 6.92 Å². The van der Waals surface area contributed by atoms with Crippen LogP contribution in [-0.4, -0.2) is 29.6 Å². The Morgan fingerprint density at radius 3 is 2.66 bits per heavy atom. The van der Waals surface area contributed by atoms with E-state index in [1.54, 1.807) is 50.4 Å². The van der Waals surface area contributed by atoms with E-state index < -0.39 is 0 Å². The van der Waals surface area contributed by atoms with E-state index >= 15 is 0 Å². The lowest BCUT2D eigenvalue weighted by atomic mass is 10.1. The number of carbonyl (C=O) groups excluding carboxylic acids is 1. The summed E-state index contributed by atoms with van der Waals surface area (Å²) in [6, 6.07) is 9.83. The van der Waals surface area contributed by atoms with E-state index in [0.717, 1.165) is 11.3 Å². The summed E-state index contributed by atoms with van der Waals surface area (Å²) in [5, 5.41) is 10.1. The second-order valence-electron chi connectivity index (χ2n) is 5.95. The van der Waals surface area contributed by atoms with Crippen LogP contribution in [0.4, 0.5) is 0 Å². The van der Waals surface area contributed by atoms with Gasteiger partial charge in [-0.2, -0.15) is 0 Å². The summed E-state index contributed by atoms with van der Waals surface area (Å²) in [6.45, 7) is 2.15. The van der Waals surface area contributed by atoms with Crippen LogP contribution in [0.25, 0.3) is 12.2 Å². The summed E-state index contributed by atoms with van der Waals surface area (Å²) in [7, 11) is 1.55. The standard InChI is InChI=1S/C21H18ClNO5S/c1-3-28-17-9-12(8-15(22)20(17)25)10-18-21(26)23-19(29-18)11-16(24)13-4-6-14(27-2)7-5-13/h4-11,25H,3H2,1-2H3,(H,23,26). The first kappa shape index (κ1) is 20.7. The van der Waals surface area contributed by atoms with Gasteiger partial charge >= 0.3 is 0 Å². The van der Waals surface area contributed by atoms with Crippen LogP contribution in [0.2, 0.25) is 5.02 Å². The summed E-state index contributed by atoms with van der Waals surface area (Å²) in [5.41, 5.74) is 0.750. The molecule has 1 aromatic heterocycles. The molecular weight excluding hydrogens is 414 g/mol. The second-order valence-corrected chi connectivity index (χ2v) is 7.44. The van der Waals surface area contributed by atoms with Crippen molar-refractivity contribution in [2.24, 2.45) is 0 Å². The number of nitrogens with one attached hydrogen (secondary N) is 1. The summed E-state index contributed by atoms with van der Waals surface area (Å²) < 4.78 is 11.2. The number of ketones is 1. The van der Waals surface area contributed by atoms with Crippen LogP contribution in [0.15, 0.2) is 41.2 Å². The van der Waals surface area contributed by atoms with Crippen molar-refractivity contribution in [2.75, 3.05) is 13.7 Å². The molecule has 0 radical (unpaired) electrons. The molecule has 2 N–H and O–H groups in total. The van der Waals surface area contributed by atoms with Crippen molar-refractivity contribution in [1.82, 2.24) is 4.98 Å². The predicted octanol–water partition coefficient (Wildman–Crippen LogP) is 2.69. The van der Waals surface area contributed by atoms with Gasteiger partial charge in [0.25, 0.3) is 5.56 Å². The van der Waals surface area contributed by atoms with Gasteiger partial charge < -0.3 is 19.6 Å². The van der Waals surface area contributed by atoms with Gasteiger partial charge in [-0.15, -0.1) is 11.3 Å². The van der Waals surface area contributed by atoms with E-state index in [1.165, 1.54) is 12.1 Å². The summed E-state index contributed by atoms with van der Waals surface area (Å²) in [6.07, 6.45) is 2.99. The van der Waals surface area contributed by atoms with Gasteiger partial charge in [-0.05, 0) is 55.0 Å². The number of benzene rings is 2. The van der Waals surface area contributed by atoms with Gasteiger partial charge in [0.2, 0.25) is 0 Å². The smallest absolute Gasteiger partial charge is 0.266 e. The molecule has 2 aromatic carbocycles. The molecule has 3 rings (SSSR count). The van der Waals surface area contributed by atoms with Gasteiger partial charge in [-0.3, -0.25) is 9.59 Å². The molecule has 29 heavy (non-hydrogen) atoms. The molecule has 0 spiro atoms. The van der Waals surface area contributed by atoms with Crippen molar-refractivity contribution in [3.8, 4) is 17.2 Å². The SMILES string of the molecule is CCOc1cc(C=c2sc(=CC(=O)c3ccc(OC)cc3)[nH]c2=O)cc(Cl)c1O. The third-order valence-electron chi connectivity index (χ3n) is 3.97. The van der Waals surface area contributed by atoms with Gasteiger partial charge in [-0.25, -0.2) is 0 Å². The van der Waals surface area contributed by atoms with E-state index in [4.69, 9.17) is 21.1 Å². The number of carbonyl (C=O) groups is 1. The zero-order valence-electron chi connectivity index (χ0n) is 15.7. The highest BCUT2D eigenvalue weighted by Gasteiger charge is 2.09. The Balaban J connectivity index is 1.96. The number of aromatic amines is 1. The molecule has 1 heterocycles. The van der Waals surface area contributed by atoms with E-state index in [0.29, 0.717) is 32.7 Å². The van der Waals surface area contributed by atoms with Gasteiger partial charge in [0, 0.05) is 11.6 Å². The number of phenols is 1. The molecule has 0 aliphatic heterocycles. The topological polar surface area (TPSA) is 88.6 Å². The molecule has 0 aliphatic rings. The number of thiazole rings is 1. The minimum atomic E-state index is -0.328. The Hall–Kier alpha value is -3.03. The Bertz CT molecular complexity index is 1210. The van der Waals surface area contributed by atoms with Gasteiger partial charge in [0.15, 0.2) is 17.3 Å². The Morgan fingerprint density at radius 2 is 2.00 bits per heavy atom. The number of halogens is 1. The summed E-state index contributed by atoms with van der Waals surface area (Å²) in [5.74, 6) is 0.510. The van der Waals surface area contributed by atoms with Crippen LogP contribution >= 0.6 is 22.9 Å². The maximum absolute atomic E-state index is 12.4. The fourth-order valence-corrected chi connectivity index (χ4v) is 3.68. The molecule has 0 unspecified atom stereocenters. The minimum absolute atomic E-state index is 0.122. The molecule has 0 saturated heterocycles. The molecule has 0 atom stereocenters. The summed E-state index contributed by atoms with van der Waals surface area (Å²) in [4.78, 5) is 27.3. The first-order chi connectivity index (χ1) is 13.9.